The van der Waals surface area contributed by atoms with Crippen LogP contribution in [0.15, 0.2) is 29.5 Å². The van der Waals surface area contributed by atoms with Crippen LogP contribution in [0.3, 0.4) is 0 Å². The average molecular weight is 386 g/mol. The molecule has 5 atom stereocenters. The lowest BCUT2D eigenvalue weighted by Crippen LogP contribution is -2.66. The number of piperidine rings is 1. The van der Waals surface area contributed by atoms with E-state index in [-0.39, 0.29) is 11.5 Å². The van der Waals surface area contributed by atoms with Gasteiger partial charge in [-0.1, -0.05) is 0 Å². The number of esters is 1. The van der Waals surface area contributed by atoms with Gasteiger partial charge in [0.2, 0.25) is 0 Å². The highest BCUT2D eigenvalue weighted by molar-refractivity contribution is 5.94. The predicted molar refractivity (Wildman–Crippen MR) is 102 cm³/mol. The lowest BCUT2D eigenvalue weighted by Gasteiger charge is -2.54. The number of hydrogen-bond acceptors (Lipinski definition) is 7. The smallest absolute Gasteiger partial charge is 0.335 e. The number of hydrogen-bond donors (Lipinski definition) is 3. The minimum Gasteiger partial charge on any atom is -0.497 e. The van der Waals surface area contributed by atoms with Crippen LogP contribution in [-0.2, 0) is 14.9 Å². The Hall–Kier alpha value is -2.09. The number of nitrogens with zero attached hydrogens (tertiary/aromatic N) is 1. The zero-order valence-corrected chi connectivity index (χ0v) is 16.4. The molecule has 1 spiro atoms. The van der Waals surface area contributed by atoms with Gasteiger partial charge in [0, 0.05) is 29.9 Å². The van der Waals surface area contributed by atoms with Crippen LogP contribution < -0.4 is 10.1 Å². The molecule has 7 nitrogen and oxygen atoms in total. The zero-order chi connectivity index (χ0) is 19.8. The van der Waals surface area contributed by atoms with E-state index >= 15 is 0 Å². The zero-order valence-electron chi connectivity index (χ0n) is 16.4. The molecule has 150 valence electrons. The Morgan fingerprint density at radius 3 is 2.86 bits per heavy atom. The lowest BCUT2D eigenvalue weighted by atomic mass is 9.58. The number of methoxy groups -OCH3 is 2. The molecule has 1 aromatic carbocycles. The fourth-order valence-electron chi connectivity index (χ4n) is 6.10. The maximum atomic E-state index is 12.9. The predicted octanol–water partition coefficient (Wildman–Crippen LogP) is 1.01. The fourth-order valence-corrected chi connectivity index (χ4v) is 6.10. The molecule has 5 rings (SSSR count). The van der Waals surface area contributed by atoms with Crippen molar-refractivity contribution in [3.63, 3.8) is 0 Å². The van der Waals surface area contributed by atoms with E-state index in [2.05, 4.69) is 16.3 Å². The van der Waals surface area contributed by atoms with Crippen LogP contribution in [0.5, 0.6) is 5.75 Å². The molecule has 2 bridgehead atoms. The standard InChI is InChI=1S/C21H26N2O5/c1-11(24)21(26)10-23-7-6-20-13-8-12(27-2)4-5-15(13)22-18(20)17(19(25)28-3)14(21)9-16(20)23/h4-5,8,11,14,16,22,24,26H,6-7,9-10H2,1-3H3/t11-,14+,16-,20+,21+/m0/s1. The van der Waals surface area contributed by atoms with Crippen LogP contribution in [0.2, 0.25) is 0 Å². The first-order valence-electron chi connectivity index (χ1n) is 9.80. The Morgan fingerprint density at radius 1 is 1.39 bits per heavy atom. The van der Waals surface area contributed by atoms with Crippen molar-refractivity contribution in [2.24, 2.45) is 5.92 Å². The van der Waals surface area contributed by atoms with E-state index in [0.717, 1.165) is 35.7 Å². The maximum absolute atomic E-state index is 12.9. The number of benzene rings is 1. The summed E-state index contributed by atoms with van der Waals surface area (Å²) in [5.74, 6) is -0.136. The van der Waals surface area contributed by atoms with Gasteiger partial charge in [0.05, 0.1) is 31.3 Å². The summed E-state index contributed by atoms with van der Waals surface area (Å²) in [6.45, 7) is 2.73. The van der Waals surface area contributed by atoms with Crippen molar-refractivity contribution < 1.29 is 24.5 Å². The quantitative estimate of drug-likeness (QED) is 0.668. The van der Waals surface area contributed by atoms with Gasteiger partial charge in [0.25, 0.3) is 0 Å². The number of nitrogens with one attached hydrogen (secondary N) is 1. The van der Waals surface area contributed by atoms with Crippen LogP contribution in [0.1, 0.15) is 25.3 Å². The molecule has 0 unspecified atom stereocenters. The first-order valence-corrected chi connectivity index (χ1v) is 9.80. The number of aliphatic hydroxyl groups is 2. The van der Waals surface area contributed by atoms with Gasteiger partial charge in [0.1, 0.15) is 11.4 Å². The van der Waals surface area contributed by atoms with Gasteiger partial charge < -0.3 is 25.0 Å². The second-order valence-corrected chi connectivity index (χ2v) is 8.48. The molecule has 3 heterocycles. The summed E-state index contributed by atoms with van der Waals surface area (Å²) in [5.41, 5.74) is 1.66. The second-order valence-electron chi connectivity index (χ2n) is 8.48. The van der Waals surface area contributed by atoms with Gasteiger partial charge in [-0.2, -0.15) is 0 Å². The minimum atomic E-state index is -1.39. The number of anilines is 1. The average Bonchev–Trinajstić information content (AvgIpc) is 3.23. The van der Waals surface area contributed by atoms with Crippen LogP contribution in [0.4, 0.5) is 5.69 Å². The summed E-state index contributed by atoms with van der Waals surface area (Å²) in [4.78, 5) is 15.2. The van der Waals surface area contributed by atoms with E-state index in [1.165, 1.54) is 7.11 Å². The van der Waals surface area contributed by atoms with Crippen molar-refractivity contribution in [3.8, 4) is 5.75 Å². The molecule has 7 heteroatoms. The minimum absolute atomic E-state index is 0.154. The molecule has 1 aliphatic carbocycles. The SMILES string of the molecule is COC(=O)C1=C2Nc3ccc(OC)cc3[C@@]23CCN2C[C@@](O)([C@H](C)O)[C@@H]1C[C@H]23. The van der Waals surface area contributed by atoms with E-state index in [0.29, 0.717) is 18.5 Å². The molecule has 2 saturated heterocycles. The highest BCUT2D eigenvalue weighted by Crippen LogP contribution is 2.62. The normalized spacial score (nSPS) is 36.5. The Bertz CT molecular complexity index is 897. The van der Waals surface area contributed by atoms with E-state index in [9.17, 15) is 15.0 Å². The van der Waals surface area contributed by atoms with E-state index in [4.69, 9.17) is 9.47 Å². The molecule has 0 radical (unpaired) electrons. The first-order chi connectivity index (χ1) is 13.4. The van der Waals surface area contributed by atoms with E-state index in [1.807, 2.05) is 12.1 Å². The molecule has 28 heavy (non-hydrogen) atoms. The van der Waals surface area contributed by atoms with Crippen LogP contribution >= 0.6 is 0 Å². The van der Waals surface area contributed by atoms with Crippen molar-refractivity contribution >= 4 is 11.7 Å². The molecular weight excluding hydrogens is 360 g/mol. The molecule has 4 aliphatic rings. The summed E-state index contributed by atoms with van der Waals surface area (Å²) in [5, 5.41) is 25.4. The number of rotatable bonds is 3. The Morgan fingerprint density at radius 2 is 2.18 bits per heavy atom. The molecular formula is C21H26N2O5. The van der Waals surface area contributed by atoms with E-state index < -0.39 is 23.6 Å². The second kappa shape index (κ2) is 5.72. The summed E-state index contributed by atoms with van der Waals surface area (Å²) >= 11 is 0. The molecule has 0 aromatic heterocycles. The highest BCUT2D eigenvalue weighted by atomic mass is 16.5. The van der Waals surface area contributed by atoms with Gasteiger partial charge >= 0.3 is 5.97 Å². The third-order valence-corrected chi connectivity index (χ3v) is 7.48. The summed E-state index contributed by atoms with van der Waals surface area (Å²) < 4.78 is 10.6. The highest BCUT2D eigenvalue weighted by Gasteiger charge is 2.66. The first kappa shape index (κ1) is 18.0. The summed E-state index contributed by atoms with van der Waals surface area (Å²) in [7, 11) is 3.02. The molecule has 0 saturated carbocycles. The largest absolute Gasteiger partial charge is 0.497 e. The molecule has 2 fully saturated rings. The van der Waals surface area contributed by atoms with Gasteiger partial charge in [-0.05, 0) is 50.1 Å². The third kappa shape index (κ3) is 1.97. The number of ether oxygens (including phenoxy) is 2. The topological polar surface area (TPSA) is 91.3 Å². The van der Waals surface area contributed by atoms with Crippen molar-refractivity contribution in [2.45, 2.75) is 42.9 Å². The van der Waals surface area contributed by atoms with Crippen LogP contribution in [-0.4, -0.2) is 66.1 Å². The van der Waals surface area contributed by atoms with E-state index in [1.54, 1.807) is 14.0 Å². The number of carbonyl (C=O) groups is 1. The van der Waals surface area contributed by atoms with Gasteiger partial charge in [0.15, 0.2) is 0 Å². The lowest BCUT2D eigenvalue weighted by molar-refractivity contribution is -0.157. The van der Waals surface area contributed by atoms with Crippen molar-refractivity contribution in [1.82, 2.24) is 4.90 Å². The molecule has 0 amide bonds. The maximum Gasteiger partial charge on any atom is 0.335 e. The summed E-state index contributed by atoms with van der Waals surface area (Å²) in [6.07, 6.45) is 0.479. The van der Waals surface area contributed by atoms with Crippen LogP contribution in [0.25, 0.3) is 0 Å². The molecule has 3 N–H and O–H groups in total. The van der Waals surface area contributed by atoms with Gasteiger partial charge in [-0.15, -0.1) is 0 Å². The monoisotopic (exact) mass is 386 g/mol. The number of aliphatic hydroxyl groups excluding tert-OH is 1. The molecule has 1 aromatic rings. The molecule has 3 aliphatic heterocycles. The van der Waals surface area contributed by atoms with Crippen LogP contribution in [0, 0.1) is 5.92 Å². The third-order valence-electron chi connectivity index (χ3n) is 7.48. The Balaban J connectivity index is 1.79. The fraction of sp³-hybridized carbons (Fsp3) is 0.571. The Kier molecular flexibility index (Phi) is 3.67. The van der Waals surface area contributed by atoms with Gasteiger partial charge in [-0.25, -0.2) is 4.79 Å². The Labute approximate surface area is 163 Å². The van der Waals surface area contributed by atoms with Crippen molar-refractivity contribution in [1.29, 1.82) is 0 Å². The number of carbonyl (C=O) groups excluding carboxylic acids is 1. The van der Waals surface area contributed by atoms with Gasteiger partial charge in [-0.3, -0.25) is 4.90 Å². The van der Waals surface area contributed by atoms with Crippen molar-refractivity contribution in [3.05, 3.63) is 35.0 Å². The van der Waals surface area contributed by atoms with Crippen molar-refractivity contribution in [2.75, 3.05) is 32.6 Å². The summed E-state index contributed by atoms with van der Waals surface area (Å²) in [6, 6.07) is 6.10. The number of fused-ring (bicyclic) bond motifs is 2.